The normalized spacial score (nSPS) is 17.9. The van der Waals surface area contributed by atoms with Crippen molar-refractivity contribution in [2.24, 2.45) is 0 Å². The van der Waals surface area contributed by atoms with Gasteiger partial charge in [-0.25, -0.2) is 4.98 Å². The summed E-state index contributed by atoms with van der Waals surface area (Å²) in [4.78, 5) is 23.6. The average Bonchev–Trinajstić information content (AvgIpc) is 2.76. The largest absolute Gasteiger partial charge is 0.375 e. The van der Waals surface area contributed by atoms with Gasteiger partial charge in [0.1, 0.15) is 5.82 Å². The first-order valence-electron chi connectivity index (χ1n) is 11.1. The van der Waals surface area contributed by atoms with Gasteiger partial charge in [-0.1, -0.05) is 12.1 Å². The first-order chi connectivity index (χ1) is 15.2. The molecule has 174 valence electrons. The number of hydrogen-bond acceptors (Lipinski definition) is 6. The first kappa shape index (κ1) is 24.6. The summed E-state index contributed by atoms with van der Waals surface area (Å²) in [6.07, 6.45) is 3.70. The van der Waals surface area contributed by atoms with E-state index in [1.165, 1.54) is 4.90 Å². The van der Waals surface area contributed by atoms with Crippen molar-refractivity contribution in [3.05, 3.63) is 42.0 Å². The van der Waals surface area contributed by atoms with Crippen molar-refractivity contribution >= 4 is 23.5 Å². The van der Waals surface area contributed by atoms with Crippen LogP contribution in [0.1, 0.15) is 37.0 Å². The van der Waals surface area contributed by atoms with Gasteiger partial charge < -0.3 is 19.9 Å². The molecule has 3 rings (SSSR count). The number of pyridine rings is 1. The molecule has 0 bridgehead atoms. The fourth-order valence-corrected chi connectivity index (χ4v) is 4.32. The standard InChI is InChI=1S/C25H36N4O2S/c1-25(2)17-19(13-16-31-25)26-24(30)21-11-12-22(18-7-9-20(32-6)10-8-18)27-23(21)29(5)15-14-28(3)4/h7-12,19H,13-17H2,1-6H3,(H,26,30). The Morgan fingerprint density at radius 1 is 1.16 bits per heavy atom. The number of benzene rings is 1. The van der Waals surface area contributed by atoms with Crippen LogP contribution in [0.15, 0.2) is 41.3 Å². The zero-order chi connectivity index (χ0) is 23.3. The minimum atomic E-state index is -0.216. The van der Waals surface area contributed by atoms with Gasteiger partial charge in [0.25, 0.3) is 5.91 Å². The Morgan fingerprint density at radius 2 is 1.88 bits per heavy atom. The Labute approximate surface area is 196 Å². The lowest BCUT2D eigenvalue weighted by Crippen LogP contribution is -2.46. The third-order valence-electron chi connectivity index (χ3n) is 5.78. The highest BCUT2D eigenvalue weighted by Gasteiger charge is 2.30. The number of nitrogens with zero attached hydrogens (tertiary/aromatic N) is 3. The second-order valence-corrected chi connectivity index (χ2v) is 10.2. The van der Waals surface area contributed by atoms with Crippen LogP contribution in [0.3, 0.4) is 0 Å². The smallest absolute Gasteiger partial charge is 0.255 e. The van der Waals surface area contributed by atoms with Crippen molar-refractivity contribution in [2.75, 3.05) is 52.0 Å². The van der Waals surface area contributed by atoms with E-state index in [-0.39, 0.29) is 17.6 Å². The van der Waals surface area contributed by atoms with Gasteiger partial charge >= 0.3 is 0 Å². The maximum absolute atomic E-state index is 13.3. The van der Waals surface area contributed by atoms with Crippen molar-refractivity contribution in [3.8, 4) is 11.3 Å². The number of hydrogen-bond donors (Lipinski definition) is 1. The summed E-state index contributed by atoms with van der Waals surface area (Å²) >= 11 is 1.72. The van der Waals surface area contributed by atoms with Crippen LogP contribution in [-0.2, 0) is 4.74 Å². The average molecular weight is 457 g/mol. The molecule has 0 radical (unpaired) electrons. The first-order valence-corrected chi connectivity index (χ1v) is 12.4. The van der Waals surface area contributed by atoms with E-state index in [2.05, 4.69) is 59.5 Å². The molecular weight excluding hydrogens is 420 g/mol. The Hall–Kier alpha value is -2.09. The van der Waals surface area contributed by atoms with Gasteiger partial charge in [-0.2, -0.15) is 0 Å². The van der Waals surface area contributed by atoms with E-state index in [1.807, 2.05) is 33.3 Å². The quantitative estimate of drug-likeness (QED) is 0.602. The van der Waals surface area contributed by atoms with Gasteiger partial charge in [0, 0.05) is 43.2 Å². The van der Waals surface area contributed by atoms with E-state index >= 15 is 0 Å². The number of carbonyl (C=O) groups excluding carboxylic acids is 1. The highest BCUT2D eigenvalue weighted by atomic mass is 32.2. The van der Waals surface area contributed by atoms with Gasteiger partial charge in [-0.15, -0.1) is 11.8 Å². The molecule has 7 heteroatoms. The van der Waals surface area contributed by atoms with Crippen LogP contribution in [0.5, 0.6) is 0 Å². The third kappa shape index (κ3) is 6.47. The summed E-state index contributed by atoms with van der Waals surface area (Å²) in [5, 5.41) is 3.23. The van der Waals surface area contributed by atoms with Gasteiger partial charge in [0.15, 0.2) is 0 Å². The number of ether oxygens (including phenoxy) is 1. The lowest BCUT2D eigenvalue weighted by Gasteiger charge is -2.36. The minimum absolute atomic E-state index is 0.0730. The molecule has 1 aromatic carbocycles. The summed E-state index contributed by atoms with van der Waals surface area (Å²) in [5.41, 5.74) is 2.31. The van der Waals surface area contributed by atoms with Crippen molar-refractivity contribution in [1.29, 1.82) is 0 Å². The van der Waals surface area contributed by atoms with E-state index in [9.17, 15) is 4.79 Å². The molecule has 1 N–H and O–H groups in total. The SMILES string of the molecule is CSc1ccc(-c2ccc(C(=O)NC3CCOC(C)(C)C3)c(N(C)CCN(C)C)n2)cc1. The summed E-state index contributed by atoms with van der Waals surface area (Å²) in [5.74, 6) is 0.637. The third-order valence-corrected chi connectivity index (χ3v) is 6.53. The van der Waals surface area contributed by atoms with E-state index in [4.69, 9.17) is 9.72 Å². The zero-order valence-electron chi connectivity index (χ0n) is 20.1. The number of rotatable bonds is 8. The molecule has 2 aromatic rings. The van der Waals surface area contributed by atoms with Crippen LogP contribution < -0.4 is 10.2 Å². The fraction of sp³-hybridized carbons (Fsp3) is 0.520. The number of aromatic nitrogens is 1. The molecule has 1 aliphatic heterocycles. The number of amides is 1. The summed E-state index contributed by atoms with van der Waals surface area (Å²) in [6, 6.07) is 12.3. The Morgan fingerprint density at radius 3 is 2.50 bits per heavy atom. The minimum Gasteiger partial charge on any atom is -0.375 e. The molecule has 1 amide bonds. The lowest BCUT2D eigenvalue weighted by molar-refractivity contribution is -0.0615. The molecule has 32 heavy (non-hydrogen) atoms. The predicted molar refractivity (Wildman–Crippen MR) is 134 cm³/mol. The second kappa shape index (κ2) is 10.7. The fourth-order valence-electron chi connectivity index (χ4n) is 3.91. The topological polar surface area (TPSA) is 57.7 Å². The molecule has 1 saturated heterocycles. The number of carbonyl (C=O) groups is 1. The van der Waals surface area contributed by atoms with Crippen molar-refractivity contribution in [3.63, 3.8) is 0 Å². The van der Waals surface area contributed by atoms with Crippen LogP contribution in [-0.4, -0.2) is 74.5 Å². The monoisotopic (exact) mass is 456 g/mol. The van der Waals surface area contributed by atoms with E-state index in [0.29, 0.717) is 18.0 Å². The van der Waals surface area contributed by atoms with E-state index in [1.54, 1.807) is 11.8 Å². The van der Waals surface area contributed by atoms with Gasteiger partial charge in [0.2, 0.25) is 0 Å². The lowest BCUT2D eigenvalue weighted by atomic mass is 9.93. The summed E-state index contributed by atoms with van der Waals surface area (Å²) in [7, 11) is 6.10. The highest BCUT2D eigenvalue weighted by Crippen LogP contribution is 2.28. The van der Waals surface area contributed by atoms with Crippen LogP contribution in [0, 0.1) is 0 Å². The van der Waals surface area contributed by atoms with E-state index in [0.717, 1.165) is 37.2 Å². The van der Waals surface area contributed by atoms with Crippen LogP contribution in [0.2, 0.25) is 0 Å². The summed E-state index contributed by atoms with van der Waals surface area (Å²) < 4.78 is 5.80. The highest BCUT2D eigenvalue weighted by molar-refractivity contribution is 7.98. The van der Waals surface area contributed by atoms with Gasteiger partial charge in [0.05, 0.1) is 16.9 Å². The Bertz CT molecular complexity index is 915. The van der Waals surface area contributed by atoms with Crippen molar-refractivity contribution in [1.82, 2.24) is 15.2 Å². The molecule has 0 aliphatic carbocycles. The molecular formula is C25H36N4O2S. The number of nitrogens with one attached hydrogen (secondary N) is 1. The molecule has 2 heterocycles. The van der Waals surface area contributed by atoms with Crippen LogP contribution in [0.25, 0.3) is 11.3 Å². The van der Waals surface area contributed by atoms with Crippen LogP contribution >= 0.6 is 11.8 Å². The van der Waals surface area contributed by atoms with Gasteiger partial charge in [-0.3, -0.25) is 4.79 Å². The predicted octanol–water partition coefficient (Wildman–Crippen LogP) is 4.16. The molecule has 1 fully saturated rings. The molecule has 0 saturated carbocycles. The summed E-state index contributed by atoms with van der Waals surface area (Å²) in [6.45, 7) is 6.46. The number of thioether (sulfide) groups is 1. The molecule has 0 spiro atoms. The maximum Gasteiger partial charge on any atom is 0.255 e. The van der Waals surface area contributed by atoms with Gasteiger partial charge in [-0.05, 0) is 71.3 Å². The Balaban J connectivity index is 1.88. The van der Waals surface area contributed by atoms with Crippen molar-refractivity contribution < 1.29 is 9.53 Å². The zero-order valence-corrected chi connectivity index (χ0v) is 21.0. The maximum atomic E-state index is 13.3. The molecule has 1 unspecified atom stereocenters. The Kier molecular flexibility index (Phi) is 8.20. The van der Waals surface area contributed by atoms with Crippen molar-refractivity contribution in [2.45, 2.75) is 43.2 Å². The number of anilines is 1. The molecule has 1 aromatic heterocycles. The molecule has 1 atom stereocenters. The molecule has 1 aliphatic rings. The van der Waals surface area contributed by atoms with E-state index < -0.39 is 0 Å². The molecule has 6 nitrogen and oxygen atoms in total. The number of likely N-dealkylation sites (N-methyl/N-ethyl adjacent to an activating group) is 2. The second-order valence-electron chi connectivity index (χ2n) is 9.29. The van der Waals surface area contributed by atoms with Crippen LogP contribution in [0.4, 0.5) is 5.82 Å².